The van der Waals surface area contributed by atoms with Gasteiger partial charge in [-0.05, 0) is 45.6 Å². The summed E-state index contributed by atoms with van der Waals surface area (Å²) in [7, 11) is -0.357. The van der Waals surface area contributed by atoms with E-state index in [-0.39, 0.29) is 28.7 Å². The highest BCUT2D eigenvalue weighted by atomic mass is 32.2. The van der Waals surface area contributed by atoms with E-state index in [2.05, 4.69) is 6.07 Å². The van der Waals surface area contributed by atoms with Crippen molar-refractivity contribution in [2.24, 2.45) is 5.73 Å². The molecule has 0 aliphatic carbocycles. The lowest BCUT2D eigenvalue weighted by molar-refractivity contribution is 0.00578. The van der Waals surface area contributed by atoms with Crippen LogP contribution in [0.25, 0.3) is 0 Å². The predicted molar refractivity (Wildman–Crippen MR) is 90.1 cm³/mol. The lowest BCUT2D eigenvalue weighted by atomic mass is 9.78. The molecule has 1 unspecified atom stereocenters. The molecule has 2 rings (SSSR count). The van der Waals surface area contributed by atoms with E-state index in [0.717, 1.165) is 11.0 Å². The molecule has 1 fully saturated rings. The smallest absolute Gasteiger partial charge is 0.399 e. The van der Waals surface area contributed by atoms with Gasteiger partial charge in [0.05, 0.1) is 11.2 Å². The summed E-state index contributed by atoms with van der Waals surface area (Å²) in [5.41, 5.74) is 6.89. The Balaban J connectivity index is 2.21. The molecule has 4 nitrogen and oxygen atoms in total. The zero-order chi connectivity index (χ0) is 15.8. The fourth-order valence-corrected chi connectivity index (χ4v) is 2.86. The van der Waals surface area contributed by atoms with Gasteiger partial charge in [-0.2, -0.15) is 0 Å². The van der Waals surface area contributed by atoms with Crippen molar-refractivity contribution in [3.05, 3.63) is 29.8 Å². The van der Waals surface area contributed by atoms with Gasteiger partial charge < -0.3 is 15.0 Å². The predicted octanol–water partition coefficient (Wildman–Crippen LogP) is 2.67. The number of amidine groups is 1. The van der Waals surface area contributed by atoms with Crippen LogP contribution in [0.15, 0.2) is 24.3 Å². The molecule has 1 aromatic carbocycles. The molecule has 21 heavy (non-hydrogen) atoms. The molecular formula is C15H23BN2O2S. The summed E-state index contributed by atoms with van der Waals surface area (Å²) in [5.74, 6) is 0. The van der Waals surface area contributed by atoms with Crippen LogP contribution < -0.4 is 11.2 Å². The normalized spacial score (nSPS) is 21.3. The lowest BCUT2D eigenvalue weighted by Crippen LogP contribution is -2.41. The van der Waals surface area contributed by atoms with Crippen LogP contribution in [0.5, 0.6) is 0 Å². The van der Waals surface area contributed by atoms with Crippen LogP contribution >= 0.6 is 11.8 Å². The highest BCUT2D eigenvalue weighted by molar-refractivity contribution is 8.13. The fraction of sp³-hybridized carbons (Fsp3) is 0.533. The largest absolute Gasteiger partial charge is 0.494 e. The van der Waals surface area contributed by atoms with Crippen molar-refractivity contribution in [3.8, 4) is 0 Å². The van der Waals surface area contributed by atoms with Gasteiger partial charge >= 0.3 is 7.12 Å². The Hall–Kier alpha value is -0.975. The second-order valence-corrected chi connectivity index (χ2v) is 7.77. The van der Waals surface area contributed by atoms with Crippen LogP contribution in [0, 0.1) is 5.41 Å². The molecule has 0 aromatic heterocycles. The minimum atomic E-state index is -0.357. The van der Waals surface area contributed by atoms with Gasteiger partial charge in [0.25, 0.3) is 0 Å². The van der Waals surface area contributed by atoms with Crippen molar-refractivity contribution in [2.45, 2.75) is 51.1 Å². The average Bonchev–Trinajstić information content (AvgIpc) is 2.58. The van der Waals surface area contributed by atoms with Gasteiger partial charge in [-0.15, -0.1) is 0 Å². The van der Waals surface area contributed by atoms with Crippen molar-refractivity contribution >= 4 is 29.5 Å². The number of benzene rings is 1. The van der Waals surface area contributed by atoms with E-state index in [9.17, 15) is 0 Å². The van der Waals surface area contributed by atoms with Gasteiger partial charge in [0.15, 0.2) is 5.17 Å². The summed E-state index contributed by atoms with van der Waals surface area (Å²) in [6, 6.07) is 8.11. The molecule has 0 amide bonds. The van der Waals surface area contributed by atoms with Crippen molar-refractivity contribution < 1.29 is 9.31 Å². The van der Waals surface area contributed by atoms with Crippen molar-refractivity contribution in [3.63, 3.8) is 0 Å². The van der Waals surface area contributed by atoms with Crippen molar-refractivity contribution in [1.82, 2.24) is 0 Å². The number of nitrogens with one attached hydrogen (secondary N) is 1. The molecule has 0 spiro atoms. The topological polar surface area (TPSA) is 68.3 Å². The van der Waals surface area contributed by atoms with Crippen LogP contribution in [0.4, 0.5) is 0 Å². The molecule has 6 heteroatoms. The third-order valence-electron chi connectivity index (χ3n) is 4.21. The standard InChI is InChI=1S/C15H23BN2O2S/c1-10(21-13(17)18)11-7-6-8-12(9-11)16-19-14(2,3)15(4,5)20-16/h6-10H,1-5H3,(H3,17,18). The summed E-state index contributed by atoms with van der Waals surface area (Å²) < 4.78 is 12.1. The number of hydrogen-bond acceptors (Lipinski definition) is 4. The maximum atomic E-state index is 7.39. The molecule has 1 aliphatic rings. The minimum Gasteiger partial charge on any atom is -0.399 e. The fourth-order valence-electron chi connectivity index (χ4n) is 2.20. The maximum absolute atomic E-state index is 7.39. The van der Waals surface area contributed by atoms with Gasteiger partial charge in [0, 0.05) is 5.25 Å². The Labute approximate surface area is 131 Å². The van der Waals surface area contributed by atoms with Gasteiger partial charge in [-0.3, -0.25) is 5.41 Å². The zero-order valence-electron chi connectivity index (χ0n) is 13.3. The van der Waals surface area contributed by atoms with Crippen LogP contribution in [-0.4, -0.2) is 23.5 Å². The van der Waals surface area contributed by atoms with E-state index < -0.39 is 0 Å². The number of nitrogens with two attached hydrogens (primary N) is 1. The monoisotopic (exact) mass is 306 g/mol. The van der Waals surface area contributed by atoms with Crippen LogP contribution in [-0.2, 0) is 9.31 Å². The van der Waals surface area contributed by atoms with E-state index in [4.69, 9.17) is 20.5 Å². The van der Waals surface area contributed by atoms with Crippen molar-refractivity contribution in [2.75, 3.05) is 0 Å². The summed E-state index contributed by atoms with van der Waals surface area (Å²) in [6.07, 6.45) is 0. The average molecular weight is 306 g/mol. The van der Waals surface area contributed by atoms with Gasteiger partial charge in [-0.25, -0.2) is 0 Å². The quantitative estimate of drug-likeness (QED) is 0.512. The Morgan fingerprint density at radius 2 is 1.81 bits per heavy atom. The molecule has 1 saturated heterocycles. The van der Waals surface area contributed by atoms with E-state index in [1.54, 1.807) is 0 Å². The SMILES string of the molecule is CC(SC(=N)N)c1cccc(B2OC(C)(C)C(C)(C)O2)c1. The first-order valence-corrected chi connectivity index (χ1v) is 7.96. The zero-order valence-corrected chi connectivity index (χ0v) is 14.1. The molecule has 3 N–H and O–H groups in total. The molecule has 1 aliphatic heterocycles. The molecule has 1 atom stereocenters. The Kier molecular flexibility index (Phi) is 4.43. The number of thioether (sulfide) groups is 1. The van der Waals surface area contributed by atoms with Gasteiger partial charge in [0.1, 0.15) is 0 Å². The van der Waals surface area contributed by atoms with Crippen molar-refractivity contribution in [1.29, 1.82) is 5.41 Å². The number of rotatable bonds is 3. The molecule has 114 valence electrons. The van der Waals surface area contributed by atoms with E-state index >= 15 is 0 Å². The molecule has 0 saturated carbocycles. The molecule has 1 heterocycles. The Bertz CT molecular complexity index is 532. The van der Waals surface area contributed by atoms with E-state index in [1.807, 2.05) is 52.8 Å². The lowest BCUT2D eigenvalue weighted by Gasteiger charge is -2.32. The summed E-state index contributed by atoms with van der Waals surface area (Å²) in [6.45, 7) is 10.2. The maximum Gasteiger partial charge on any atom is 0.494 e. The molecule has 0 bridgehead atoms. The van der Waals surface area contributed by atoms with E-state index in [1.165, 1.54) is 11.8 Å². The van der Waals surface area contributed by atoms with Crippen LogP contribution in [0.3, 0.4) is 0 Å². The second-order valence-electron chi connectivity index (χ2n) is 6.38. The number of hydrogen-bond donors (Lipinski definition) is 2. The minimum absolute atomic E-state index is 0.128. The second kappa shape index (κ2) is 5.67. The Morgan fingerprint density at radius 3 is 2.33 bits per heavy atom. The molecule has 1 aromatic rings. The third-order valence-corrected chi connectivity index (χ3v) is 5.09. The third kappa shape index (κ3) is 3.44. The highest BCUT2D eigenvalue weighted by Gasteiger charge is 2.51. The first-order chi connectivity index (χ1) is 9.62. The van der Waals surface area contributed by atoms with Gasteiger partial charge in [0.2, 0.25) is 0 Å². The summed E-state index contributed by atoms with van der Waals surface area (Å²) in [5, 5.41) is 7.65. The summed E-state index contributed by atoms with van der Waals surface area (Å²) >= 11 is 1.34. The van der Waals surface area contributed by atoms with Crippen LogP contribution in [0.1, 0.15) is 45.4 Å². The first kappa shape index (κ1) is 16.4. The highest BCUT2D eigenvalue weighted by Crippen LogP contribution is 2.36. The summed E-state index contributed by atoms with van der Waals surface area (Å²) in [4.78, 5) is 0. The van der Waals surface area contributed by atoms with Crippen LogP contribution in [0.2, 0.25) is 0 Å². The molecule has 0 radical (unpaired) electrons. The Morgan fingerprint density at radius 1 is 1.24 bits per heavy atom. The first-order valence-electron chi connectivity index (χ1n) is 7.08. The van der Waals surface area contributed by atoms with E-state index in [0.29, 0.717) is 0 Å². The molecular weight excluding hydrogens is 283 g/mol. The van der Waals surface area contributed by atoms with Gasteiger partial charge in [-0.1, -0.05) is 36.0 Å².